The molecule has 1 saturated carbocycles. The fourth-order valence-corrected chi connectivity index (χ4v) is 3.83. The summed E-state index contributed by atoms with van der Waals surface area (Å²) in [7, 11) is 4.05. The van der Waals surface area contributed by atoms with Crippen LogP contribution in [-0.2, 0) is 17.8 Å². The molecule has 5 heteroatoms. The van der Waals surface area contributed by atoms with Crippen molar-refractivity contribution < 1.29 is 9.59 Å². The highest BCUT2D eigenvalue weighted by atomic mass is 16.2. The summed E-state index contributed by atoms with van der Waals surface area (Å²) in [5.41, 5.74) is 4.98. The molecule has 28 heavy (non-hydrogen) atoms. The summed E-state index contributed by atoms with van der Waals surface area (Å²) >= 11 is 0. The van der Waals surface area contributed by atoms with Crippen LogP contribution in [-0.4, -0.2) is 37.4 Å². The van der Waals surface area contributed by atoms with Crippen LogP contribution >= 0.6 is 0 Å². The topological polar surface area (TPSA) is 52.7 Å². The van der Waals surface area contributed by atoms with E-state index in [1.165, 1.54) is 11.1 Å². The van der Waals surface area contributed by atoms with Gasteiger partial charge in [-0.2, -0.15) is 0 Å². The molecule has 4 rings (SSSR count). The normalized spacial score (nSPS) is 20.3. The molecule has 2 amide bonds. The number of nitrogens with zero attached hydrogens (tertiary/aromatic N) is 2. The van der Waals surface area contributed by atoms with Crippen LogP contribution in [0.3, 0.4) is 0 Å². The maximum atomic E-state index is 13.1. The lowest BCUT2D eigenvalue weighted by Gasteiger charge is -2.30. The van der Waals surface area contributed by atoms with E-state index in [2.05, 4.69) is 35.3 Å². The van der Waals surface area contributed by atoms with Gasteiger partial charge in [-0.25, -0.2) is 0 Å². The molecule has 0 radical (unpaired) electrons. The predicted octanol–water partition coefficient (Wildman–Crippen LogP) is 3.55. The van der Waals surface area contributed by atoms with Crippen LogP contribution in [0.25, 0.3) is 0 Å². The average molecular weight is 377 g/mol. The first-order valence-corrected chi connectivity index (χ1v) is 9.91. The number of benzene rings is 2. The first-order valence-electron chi connectivity index (χ1n) is 9.91. The zero-order valence-corrected chi connectivity index (χ0v) is 16.7. The summed E-state index contributed by atoms with van der Waals surface area (Å²) in [6, 6.07) is 13.8. The molecular weight excluding hydrogens is 350 g/mol. The van der Waals surface area contributed by atoms with E-state index in [0.29, 0.717) is 30.3 Å². The standard InChI is InChI=1S/C23H27N3O2/c1-15-11-21(15)22(27)24-19-6-4-5-17(12-19)23(28)26-10-9-16-7-8-20(25(2)3)13-18(16)14-26/h4-8,12-13,15,21H,9-11,14H2,1-3H3,(H,24,27)/t15-,21-/m0/s1. The third-order valence-electron chi connectivity index (χ3n) is 5.83. The smallest absolute Gasteiger partial charge is 0.254 e. The molecule has 0 bridgehead atoms. The second-order valence-electron chi connectivity index (χ2n) is 8.21. The lowest BCUT2D eigenvalue weighted by Crippen LogP contribution is -2.36. The van der Waals surface area contributed by atoms with Gasteiger partial charge in [-0.15, -0.1) is 0 Å². The number of rotatable bonds is 4. The number of amides is 2. The molecule has 0 saturated heterocycles. The average Bonchev–Trinajstić information content (AvgIpc) is 3.43. The molecule has 1 aliphatic carbocycles. The zero-order valence-electron chi connectivity index (χ0n) is 16.7. The van der Waals surface area contributed by atoms with Gasteiger partial charge in [0.05, 0.1) is 0 Å². The second-order valence-corrected chi connectivity index (χ2v) is 8.21. The molecule has 2 atom stereocenters. The van der Waals surface area contributed by atoms with Crippen molar-refractivity contribution in [2.24, 2.45) is 11.8 Å². The Morgan fingerprint density at radius 1 is 1.11 bits per heavy atom. The van der Waals surface area contributed by atoms with Crippen LogP contribution in [0.1, 0.15) is 34.8 Å². The van der Waals surface area contributed by atoms with Gasteiger partial charge in [0.1, 0.15) is 0 Å². The fraction of sp³-hybridized carbons (Fsp3) is 0.391. The van der Waals surface area contributed by atoms with Gasteiger partial charge < -0.3 is 15.1 Å². The molecule has 0 aromatic heterocycles. The Bertz CT molecular complexity index is 922. The van der Waals surface area contributed by atoms with Crippen LogP contribution in [0, 0.1) is 11.8 Å². The first kappa shape index (κ1) is 18.5. The number of fused-ring (bicyclic) bond motifs is 1. The summed E-state index contributed by atoms with van der Waals surface area (Å²) in [4.78, 5) is 29.2. The monoisotopic (exact) mass is 377 g/mol. The fourth-order valence-electron chi connectivity index (χ4n) is 3.83. The molecule has 2 aromatic carbocycles. The SMILES string of the molecule is C[C@H]1C[C@@H]1C(=O)Nc1cccc(C(=O)N2CCc3ccc(N(C)C)cc3C2)c1. The quantitative estimate of drug-likeness (QED) is 0.887. The van der Waals surface area contributed by atoms with E-state index in [0.717, 1.165) is 18.5 Å². The minimum atomic E-state index is 0.0109. The molecule has 2 aromatic rings. The van der Waals surface area contributed by atoms with Gasteiger partial charge in [-0.05, 0) is 60.2 Å². The Morgan fingerprint density at radius 2 is 1.89 bits per heavy atom. The molecule has 1 fully saturated rings. The Labute approximate surface area is 166 Å². The summed E-state index contributed by atoms with van der Waals surface area (Å²) in [6.07, 6.45) is 1.82. The van der Waals surface area contributed by atoms with Crippen molar-refractivity contribution in [3.8, 4) is 0 Å². The van der Waals surface area contributed by atoms with Crippen molar-refractivity contribution in [2.75, 3.05) is 30.9 Å². The molecule has 1 aliphatic heterocycles. The number of hydrogen-bond acceptors (Lipinski definition) is 3. The second kappa shape index (κ2) is 7.30. The number of anilines is 2. The molecular formula is C23H27N3O2. The predicted molar refractivity (Wildman–Crippen MR) is 112 cm³/mol. The lowest BCUT2D eigenvalue weighted by atomic mass is 9.98. The minimum Gasteiger partial charge on any atom is -0.378 e. The van der Waals surface area contributed by atoms with Gasteiger partial charge >= 0.3 is 0 Å². The van der Waals surface area contributed by atoms with Crippen molar-refractivity contribution in [1.29, 1.82) is 0 Å². The Kier molecular flexibility index (Phi) is 4.84. The number of nitrogens with one attached hydrogen (secondary N) is 1. The van der Waals surface area contributed by atoms with Gasteiger partial charge in [-0.3, -0.25) is 9.59 Å². The molecule has 1 N–H and O–H groups in total. The van der Waals surface area contributed by atoms with Gasteiger partial charge in [0.25, 0.3) is 5.91 Å². The van der Waals surface area contributed by atoms with Gasteiger partial charge in [0.2, 0.25) is 5.91 Å². The summed E-state index contributed by atoms with van der Waals surface area (Å²) in [6.45, 7) is 3.41. The summed E-state index contributed by atoms with van der Waals surface area (Å²) in [5.74, 6) is 0.645. The first-order chi connectivity index (χ1) is 13.4. The van der Waals surface area contributed by atoms with Crippen LogP contribution in [0.4, 0.5) is 11.4 Å². The van der Waals surface area contributed by atoms with Crippen LogP contribution in [0.5, 0.6) is 0 Å². The highest BCUT2D eigenvalue weighted by Gasteiger charge is 2.39. The third-order valence-corrected chi connectivity index (χ3v) is 5.83. The van der Waals surface area contributed by atoms with E-state index < -0.39 is 0 Å². The summed E-state index contributed by atoms with van der Waals surface area (Å²) in [5, 5.41) is 2.95. The maximum Gasteiger partial charge on any atom is 0.254 e. The van der Waals surface area contributed by atoms with E-state index in [-0.39, 0.29) is 17.7 Å². The Hall–Kier alpha value is -2.82. The number of hydrogen-bond donors (Lipinski definition) is 1. The van der Waals surface area contributed by atoms with Crippen molar-refractivity contribution >= 4 is 23.2 Å². The highest BCUT2D eigenvalue weighted by molar-refractivity contribution is 5.98. The molecule has 5 nitrogen and oxygen atoms in total. The Morgan fingerprint density at radius 3 is 2.61 bits per heavy atom. The molecule has 0 unspecified atom stereocenters. The van der Waals surface area contributed by atoms with Crippen molar-refractivity contribution in [3.63, 3.8) is 0 Å². The molecule has 146 valence electrons. The highest BCUT2D eigenvalue weighted by Crippen LogP contribution is 2.38. The van der Waals surface area contributed by atoms with E-state index in [9.17, 15) is 9.59 Å². The minimum absolute atomic E-state index is 0.0109. The number of carbonyl (C=O) groups is 2. The lowest BCUT2D eigenvalue weighted by molar-refractivity contribution is -0.117. The number of carbonyl (C=O) groups excluding carboxylic acids is 2. The van der Waals surface area contributed by atoms with Gasteiger partial charge in [-0.1, -0.05) is 19.1 Å². The Balaban J connectivity index is 1.48. The third kappa shape index (κ3) is 3.75. The summed E-state index contributed by atoms with van der Waals surface area (Å²) < 4.78 is 0. The van der Waals surface area contributed by atoms with Crippen molar-refractivity contribution in [3.05, 3.63) is 59.2 Å². The van der Waals surface area contributed by atoms with E-state index in [4.69, 9.17) is 0 Å². The van der Waals surface area contributed by atoms with E-state index in [1.807, 2.05) is 37.2 Å². The van der Waals surface area contributed by atoms with Crippen molar-refractivity contribution in [2.45, 2.75) is 26.3 Å². The van der Waals surface area contributed by atoms with Gasteiger partial charge in [0.15, 0.2) is 0 Å². The van der Waals surface area contributed by atoms with Crippen molar-refractivity contribution in [1.82, 2.24) is 4.90 Å². The van der Waals surface area contributed by atoms with Gasteiger partial charge in [0, 0.05) is 50.0 Å². The zero-order chi connectivity index (χ0) is 19.8. The van der Waals surface area contributed by atoms with Crippen LogP contribution in [0.2, 0.25) is 0 Å². The molecule has 0 spiro atoms. The van der Waals surface area contributed by atoms with Crippen LogP contribution < -0.4 is 10.2 Å². The maximum absolute atomic E-state index is 13.1. The van der Waals surface area contributed by atoms with E-state index >= 15 is 0 Å². The van der Waals surface area contributed by atoms with Crippen LogP contribution in [0.15, 0.2) is 42.5 Å². The largest absolute Gasteiger partial charge is 0.378 e. The molecule has 1 heterocycles. The van der Waals surface area contributed by atoms with E-state index in [1.54, 1.807) is 6.07 Å². The molecule has 2 aliphatic rings.